The van der Waals surface area contributed by atoms with E-state index in [1.165, 1.54) is 0 Å². The summed E-state index contributed by atoms with van der Waals surface area (Å²) in [5.74, 6) is 0.397. The summed E-state index contributed by atoms with van der Waals surface area (Å²) in [7, 11) is 1.62. The first-order valence-electron chi connectivity index (χ1n) is 8.49. The van der Waals surface area contributed by atoms with Gasteiger partial charge in [-0.05, 0) is 35.9 Å². The molecule has 0 bridgehead atoms. The molecule has 7 nitrogen and oxygen atoms in total. The van der Waals surface area contributed by atoms with Crippen LogP contribution in [0.2, 0.25) is 10.0 Å². The fraction of sp³-hybridized carbons (Fsp3) is 0.211. The van der Waals surface area contributed by atoms with Crippen molar-refractivity contribution in [3.05, 3.63) is 69.5 Å². The van der Waals surface area contributed by atoms with Gasteiger partial charge in [0.1, 0.15) is 11.9 Å². The molecule has 4 rings (SSSR count). The fourth-order valence-electron chi connectivity index (χ4n) is 2.97. The molecule has 9 heteroatoms. The van der Waals surface area contributed by atoms with Crippen LogP contribution in [-0.4, -0.2) is 28.0 Å². The zero-order chi connectivity index (χ0) is 19.7. The number of rotatable bonds is 4. The molecule has 0 saturated heterocycles. The van der Waals surface area contributed by atoms with Crippen LogP contribution in [0.3, 0.4) is 0 Å². The minimum Gasteiger partial charge on any atom is -0.497 e. The molecule has 0 fully saturated rings. The van der Waals surface area contributed by atoms with E-state index in [2.05, 4.69) is 15.6 Å². The number of anilines is 1. The Labute approximate surface area is 171 Å². The normalized spacial score (nSPS) is 15.8. The van der Waals surface area contributed by atoms with Crippen molar-refractivity contribution in [2.45, 2.75) is 19.3 Å². The Morgan fingerprint density at radius 3 is 2.71 bits per heavy atom. The Bertz CT molecular complexity index is 1020. The third-order valence-electron chi connectivity index (χ3n) is 4.48. The Balaban J connectivity index is 1.49. The highest BCUT2D eigenvalue weighted by Crippen LogP contribution is 2.29. The number of ether oxygens (including phenoxy) is 2. The van der Waals surface area contributed by atoms with Crippen LogP contribution in [0.25, 0.3) is 0 Å². The lowest BCUT2D eigenvalue weighted by molar-refractivity contribution is -0.00173. The first-order valence-corrected chi connectivity index (χ1v) is 9.25. The maximum Gasteiger partial charge on any atom is 0.278 e. The van der Waals surface area contributed by atoms with E-state index in [1.807, 2.05) is 24.3 Å². The van der Waals surface area contributed by atoms with Crippen LogP contribution < -0.4 is 10.1 Å². The van der Waals surface area contributed by atoms with E-state index in [4.69, 9.17) is 32.7 Å². The number of carbonyl (C=O) groups excluding carboxylic acids is 1. The molecule has 0 spiro atoms. The molecule has 1 aliphatic rings. The van der Waals surface area contributed by atoms with Gasteiger partial charge in [-0.2, -0.15) is 0 Å². The van der Waals surface area contributed by atoms with Crippen molar-refractivity contribution < 1.29 is 14.3 Å². The van der Waals surface area contributed by atoms with Crippen LogP contribution >= 0.6 is 23.2 Å². The lowest BCUT2D eigenvalue weighted by atomic mass is 10.1. The Morgan fingerprint density at radius 2 is 2.00 bits per heavy atom. The van der Waals surface area contributed by atoms with Gasteiger partial charge in [-0.15, -0.1) is 5.10 Å². The molecule has 3 aromatic rings. The van der Waals surface area contributed by atoms with E-state index in [0.29, 0.717) is 28.0 Å². The summed E-state index contributed by atoms with van der Waals surface area (Å²) in [5.41, 5.74) is 2.37. The monoisotopic (exact) mass is 418 g/mol. The second-order valence-electron chi connectivity index (χ2n) is 6.22. The SMILES string of the molecule is COc1ccc(C2Cn3nnc(C(=O)Nc4ccc(Cl)c(Cl)c4)c3CO2)cc1. The van der Waals surface area contributed by atoms with Gasteiger partial charge in [-0.3, -0.25) is 4.79 Å². The number of carbonyl (C=O) groups is 1. The second kappa shape index (κ2) is 7.79. The molecule has 2 aromatic carbocycles. The summed E-state index contributed by atoms with van der Waals surface area (Å²) < 4.78 is 12.8. The van der Waals surface area contributed by atoms with Crippen LogP contribution in [0.1, 0.15) is 27.8 Å². The van der Waals surface area contributed by atoms with Gasteiger partial charge < -0.3 is 14.8 Å². The smallest absolute Gasteiger partial charge is 0.278 e. The van der Waals surface area contributed by atoms with E-state index in [9.17, 15) is 4.79 Å². The predicted molar refractivity (Wildman–Crippen MR) is 105 cm³/mol. The predicted octanol–water partition coefficient (Wildman–Crippen LogP) is 4.12. The van der Waals surface area contributed by atoms with E-state index >= 15 is 0 Å². The van der Waals surface area contributed by atoms with E-state index in [-0.39, 0.29) is 24.3 Å². The third kappa shape index (κ3) is 3.69. The molecular formula is C19H16Cl2N4O3. The van der Waals surface area contributed by atoms with Crippen LogP contribution in [0.15, 0.2) is 42.5 Å². The lowest BCUT2D eigenvalue weighted by Gasteiger charge is -2.24. The summed E-state index contributed by atoms with van der Waals surface area (Å²) in [5, 5.41) is 11.7. The summed E-state index contributed by atoms with van der Waals surface area (Å²) >= 11 is 11.9. The number of benzene rings is 2. The maximum absolute atomic E-state index is 12.6. The van der Waals surface area contributed by atoms with Gasteiger partial charge in [0.25, 0.3) is 5.91 Å². The number of nitrogens with zero attached hydrogens (tertiary/aromatic N) is 3. The number of amides is 1. The minimum atomic E-state index is -0.383. The van der Waals surface area contributed by atoms with E-state index < -0.39 is 0 Å². The molecule has 144 valence electrons. The number of methoxy groups -OCH3 is 1. The summed E-state index contributed by atoms with van der Waals surface area (Å²) in [6, 6.07) is 12.5. The first kappa shape index (κ1) is 18.7. The Morgan fingerprint density at radius 1 is 1.21 bits per heavy atom. The molecular weight excluding hydrogens is 403 g/mol. The summed E-state index contributed by atoms with van der Waals surface area (Å²) in [4.78, 5) is 12.6. The second-order valence-corrected chi connectivity index (χ2v) is 7.04. The third-order valence-corrected chi connectivity index (χ3v) is 5.22. The minimum absolute atomic E-state index is 0.175. The largest absolute Gasteiger partial charge is 0.497 e. The summed E-state index contributed by atoms with van der Waals surface area (Å²) in [6.07, 6.45) is -0.175. The van der Waals surface area contributed by atoms with Gasteiger partial charge in [-0.1, -0.05) is 40.5 Å². The molecule has 1 amide bonds. The molecule has 0 saturated carbocycles. The lowest BCUT2D eigenvalue weighted by Crippen LogP contribution is -2.24. The number of nitrogens with one attached hydrogen (secondary N) is 1. The van der Waals surface area contributed by atoms with Crippen LogP contribution in [0.4, 0.5) is 5.69 Å². The van der Waals surface area contributed by atoms with Crippen molar-refractivity contribution in [2.75, 3.05) is 12.4 Å². The Kier molecular flexibility index (Phi) is 5.21. The number of hydrogen-bond donors (Lipinski definition) is 1. The molecule has 1 aromatic heterocycles. The molecule has 1 atom stereocenters. The van der Waals surface area contributed by atoms with Crippen LogP contribution in [0, 0.1) is 0 Å². The van der Waals surface area contributed by atoms with Gasteiger partial charge in [-0.25, -0.2) is 4.68 Å². The Hall–Kier alpha value is -2.61. The molecule has 0 radical (unpaired) electrons. The zero-order valence-corrected chi connectivity index (χ0v) is 16.4. The van der Waals surface area contributed by atoms with E-state index in [0.717, 1.165) is 11.3 Å². The fourth-order valence-corrected chi connectivity index (χ4v) is 3.27. The highest BCUT2D eigenvalue weighted by atomic mass is 35.5. The van der Waals surface area contributed by atoms with Crippen molar-refractivity contribution >= 4 is 34.8 Å². The van der Waals surface area contributed by atoms with Crippen molar-refractivity contribution in [1.29, 1.82) is 0 Å². The number of halogens is 2. The van der Waals surface area contributed by atoms with Gasteiger partial charge in [0.05, 0.1) is 36.0 Å². The molecule has 1 N–H and O–H groups in total. The number of fused-ring (bicyclic) bond motifs is 1. The van der Waals surface area contributed by atoms with Gasteiger partial charge in [0, 0.05) is 5.69 Å². The molecule has 0 aliphatic carbocycles. The number of hydrogen-bond acceptors (Lipinski definition) is 5. The van der Waals surface area contributed by atoms with Crippen molar-refractivity contribution in [1.82, 2.24) is 15.0 Å². The van der Waals surface area contributed by atoms with Crippen molar-refractivity contribution in [3.63, 3.8) is 0 Å². The van der Waals surface area contributed by atoms with Crippen LogP contribution in [-0.2, 0) is 17.9 Å². The molecule has 28 heavy (non-hydrogen) atoms. The molecule has 1 unspecified atom stereocenters. The quantitative estimate of drug-likeness (QED) is 0.689. The first-order chi connectivity index (χ1) is 13.5. The molecule has 1 aliphatic heterocycles. The summed E-state index contributed by atoms with van der Waals surface area (Å²) in [6.45, 7) is 0.697. The number of aromatic nitrogens is 3. The van der Waals surface area contributed by atoms with Crippen molar-refractivity contribution in [3.8, 4) is 5.75 Å². The van der Waals surface area contributed by atoms with Crippen LogP contribution in [0.5, 0.6) is 5.75 Å². The zero-order valence-electron chi connectivity index (χ0n) is 14.9. The average molecular weight is 419 g/mol. The highest BCUT2D eigenvalue weighted by Gasteiger charge is 2.27. The van der Waals surface area contributed by atoms with Crippen molar-refractivity contribution in [2.24, 2.45) is 0 Å². The standard InChI is InChI=1S/C19H16Cl2N4O3/c1-27-13-5-2-11(3-6-13)17-9-25-16(10-28-17)18(23-24-25)19(26)22-12-4-7-14(20)15(21)8-12/h2-8,17H,9-10H2,1H3,(H,22,26). The highest BCUT2D eigenvalue weighted by molar-refractivity contribution is 6.42. The maximum atomic E-state index is 12.6. The molecule has 2 heterocycles. The van der Waals surface area contributed by atoms with Gasteiger partial charge in [0.2, 0.25) is 0 Å². The van der Waals surface area contributed by atoms with E-state index in [1.54, 1.807) is 30.0 Å². The topological polar surface area (TPSA) is 78.3 Å². The van der Waals surface area contributed by atoms with Gasteiger partial charge in [0.15, 0.2) is 5.69 Å². The average Bonchev–Trinajstić information content (AvgIpc) is 3.14. The van der Waals surface area contributed by atoms with Gasteiger partial charge >= 0.3 is 0 Å².